The van der Waals surface area contributed by atoms with E-state index in [0.29, 0.717) is 18.3 Å². The minimum absolute atomic E-state index is 0.106. The first-order valence-corrected chi connectivity index (χ1v) is 6.75. The third-order valence-electron chi connectivity index (χ3n) is 3.26. The van der Waals surface area contributed by atoms with Crippen molar-refractivity contribution < 1.29 is 9.53 Å². The molecule has 2 rings (SSSR count). The second kappa shape index (κ2) is 7.16. The van der Waals surface area contributed by atoms with Gasteiger partial charge in [-0.2, -0.15) is 5.10 Å². The molecule has 5 heteroatoms. The van der Waals surface area contributed by atoms with Gasteiger partial charge < -0.3 is 10.1 Å². The quantitative estimate of drug-likeness (QED) is 0.759. The average molecular weight is 251 g/mol. The van der Waals surface area contributed by atoms with Crippen molar-refractivity contribution in [1.29, 1.82) is 0 Å². The topological polar surface area (TPSA) is 67.0 Å². The molecule has 1 heterocycles. The molecule has 1 aliphatic carbocycles. The summed E-state index contributed by atoms with van der Waals surface area (Å²) in [6.45, 7) is 1.37. The van der Waals surface area contributed by atoms with Gasteiger partial charge in [-0.1, -0.05) is 19.3 Å². The van der Waals surface area contributed by atoms with Crippen LogP contribution in [0.1, 0.15) is 49.0 Å². The zero-order chi connectivity index (χ0) is 12.6. The minimum Gasteiger partial charge on any atom is -0.378 e. The van der Waals surface area contributed by atoms with Gasteiger partial charge in [-0.25, -0.2) is 0 Å². The van der Waals surface area contributed by atoms with Crippen LogP contribution in [0.25, 0.3) is 0 Å². The van der Waals surface area contributed by atoms with Crippen molar-refractivity contribution in [3.8, 4) is 0 Å². The van der Waals surface area contributed by atoms with E-state index in [-0.39, 0.29) is 5.91 Å². The maximum absolute atomic E-state index is 11.5. The minimum atomic E-state index is -0.106. The maximum atomic E-state index is 11.5. The largest absolute Gasteiger partial charge is 0.378 e. The summed E-state index contributed by atoms with van der Waals surface area (Å²) in [7, 11) is 0. The highest BCUT2D eigenvalue weighted by Crippen LogP contribution is 2.20. The van der Waals surface area contributed by atoms with E-state index in [1.807, 2.05) is 0 Å². The van der Waals surface area contributed by atoms with E-state index in [9.17, 15) is 4.79 Å². The number of H-pyrrole nitrogens is 1. The maximum Gasteiger partial charge on any atom is 0.269 e. The van der Waals surface area contributed by atoms with Gasteiger partial charge in [-0.3, -0.25) is 9.89 Å². The number of aromatic amines is 1. The van der Waals surface area contributed by atoms with Gasteiger partial charge in [0.05, 0.1) is 6.10 Å². The summed E-state index contributed by atoms with van der Waals surface area (Å²) in [5.41, 5.74) is 0.503. The Morgan fingerprint density at radius 1 is 1.44 bits per heavy atom. The van der Waals surface area contributed by atoms with Crippen molar-refractivity contribution in [3.05, 3.63) is 18.0 Å². The fourth-order valence-corrected chi connectivity index (χ4v) is 2.23. The van der Waals surface area contributed by atoms with E-state index in [1.165, 1.54) is 32.1 Å². The molecule has 2 N–H and O–H groups in total. The molecule has 100 valence electrons. The molecule has 0 atom stereocenters. The summed E-state index contributed by atoms with van der Waals surface area (Å²) in [6.07, 6.45) is 9.20. The van der Waals surface area contributed by atoms with E-state index in [1.54, 1.807) is 12.3 Å². The highest BCUT2D eigenvalue weighted by Gasteiger charge is 2.13. The Labute approximate surface area is 107 Å². The van der Waals surface area contributed by atoms with Crippen LogP contribution in [0.5, 0.6) is 0 Å². The number of amides is 1. The molecule has 0 aliphatic heterocycles. The van der Waals surface area contributed by atoms with Crippen LogP contribution < -0.4 is 5.32 Å². The van der Waals surface area contributed by atoms with E-state index in [4.69, 9.17) is 4.74 Å². The van der Waals surface area contributed by atoms with E-state index < -0.39 is 0 Å². The highest BCUT2D eigenvalue weighted by atomic mass is 16.5. The van der Waals surface area contributed by atoms with E-state index in [2.05, 4.69) is 15.5 Å². The van der Waals surface area contributed by atoms with Crippen LogP contribution in [0.4, 0.5) is 0 Å². The molecule has 0 spiro atoms. The first-order chi connectivity index (χ1) is 8.86. The van der Waals surface area contributed by atoms with Crippen LogP contribution in [0.3, 0.4) is 0 Å². The first-order valence-electron chi connectivity index (χ1n) is 6.75. The Balaban J connectivity index is 1.52. The van der Waals surface area contributed by atoms with Gasteiger partial charge in [0.25, 0.3) is 5.91 Å². The van der Waals surface area contributed by atoms with Crippen LogP contribution >= 0.6 is 0 Å². The second-order valence-corrected chi connectivity index (χ2v) is 4.71. The Kier molecular flexibility index (Phi) is 5.20. The van der Waals surface area contributed by atoms with Gasteiger partial charge in [0.15, 0.2) is 0 Å². The number of aromatic nitrogens is 2. The van der Waals surface area contributed by atoms with Gasteiger partial charge in [0.1, 0.15) is 5.69 Å². The summed E-state index contributed by atoms with van der Waals surface area (Å²) >= 11 is 0. The fraction of sp³-hybridized carbons (Fsp3) is 0.692. The van der Waals surface area contributed by atoms with Gasteiger partial charge in [-0.05, 0) is 25.3 Å². The number of nitrogens with zero attached hydrogens (tertiary/aromatic N) is 1. The van der Waals surface area contributed by atoms with Crippen molar-refractivity contribution in [1.82, 2.24) is 15.5 Å². The van der Waals surface area contributed by atoms with Crippen molar-refractivity contribution in [2.24, 2.45) is 0 Å². The molecular formula is C13H21N3O2. The SMILES string of the molecule is O=C(NCCCOC1CCCCC1)c1ccn[nH]1. The predicted molar refractivity (Wildman–Crippen MR) is 68.4 cm³/mol. The molecule has 5 nitrogen and oxygen atoms in total. The molecule has 1 saturated carbocycles. The summed E-state index contributed by atoms with van der Waals surface area (Å²) in [5.74, 6) is -0.106. The normalized spacial score (nSPS) is 16.7. The number of hydrogen-bond donors (Lipinski definition) is 2. The zero-order valence-electron chi connectivity index (χ0n) is 10.7. The molecule has 1 aromatic heterocycles. The van der Waals surface area contributed by atoms with Gasteiger partial charge in [-0.15, -0.1) is 0 Å². The summed E-state index contributed by atoms with van der Waals surface area (Å²) in [5, 5.41) is 9.21. The Morgan fingerprint density at radius 2 is 2.28 bits per heavy atom. The highest BCUT2D eigenvalue weighted by molar-refractivity contribution is 5.91. The third-order valence-corrected chi connectivity index (χ3v) is 3.26. The van der Waals surface area contributed by atoms with Gasteiger partial charge in [0, 0.05) is 19.3 Å². The molecule has 1 amide bonds. The van der Waals surface area contributed by atoms with Crippen molar-refractivity contribution in [3.63, 3.8) is 0 Å². The molecule has 1 aliphatic rings. The zero-order valence-corrected chi connectivity index (χ0v) is 10.7. The molecule has 0 radical (unpaired) electrons. The second-order valence-electron chi connectivity index (χ2n) is 4.71. The molecule has 0 saturated heterocycles. The fourth-order valence-electron chi connectivity index (χ4n) is 2.23. The predicted octanol–water partition coefficient (Wildman–Crippen LogP) is 1.88. The summed E-state index contributed by atoms with van der Waals surface area (Å²) in [6, 6.07) is 1.66. The Morgan fingerprint density at radius 3 is 3.00 bits per heavy atom. The van der Waals surface area contributed by atoms with Gasteiger partial charge in [0.2, 0.25) is 0 Å². The van der Waals surface area contributed by atoms with Crippen molar-refractivity contribution >= 4 is 5.91 Å². The number of ether oxygens (including phenoxy) is 1. The molecule has 0 aromatic carbocycles. The molecule has 0 bridgehead atoms. The van der Waals surface area contributed by atoms with Crippen molar-refractivity contribution in [2.75, 3.05) is 13.2 Å². The number of nitrogens with one attached hydrogen (secondary N) is 2. The van der Waals surface area contributed by atoms with Crippen molar-refractivity contribution in [2.45, 2.75) is 44.6 Å². The molecule has 18 heavy (non-hydrogen) atoms. The smallest absolute Gasteiger partial charge is 0.269 e. The number of hydrogen-bond acceptors (Lipinski definition) is 3. The summed E-state index contributed by atoms with van der Waals surface area (Å²) in [4.78, 5) is 11.5. The van der Waals surface area contributed by atoms with Gasteiger partial charge >= 0.3 is 0 Å². The molecular weight excluding hydrogens is 230 g/mol. The molecule has 1 fully saturated rings. The standard InChI is InChI=1S/C13H21N3O2/c17-13(12-7-9-15-16-12)14-8-4-10-18-11-5-2-1-3-6-11/h7,9,11H,1-6,8,10H2,(H,14,17)(H,15,16). The van der Waals surface area contributed by atoms with Crippen LogP contribution in [0, 0.1) is 0 Å². The van der Waals surface area contributed by atoms with Crippen LogP contribution in [-0.2, 0) is 4.74 Å². The lowest BCUT2D eigenvalue weighted by Crippen LogP contribution is -2.26. The number of rotatable bonds is 6. The third kappa shape index (κ3) is 4.14. The lowest BCUT2D eigenvalue weighted by atomic mass is 9.98. The van der Waals surface area contributed by atoms with Crippen LogP contribution in [0.2, 0.25) is 0 Å². The first kappa shape index (κ1) is 13.1. The summed E-state index contributed by atoms with van der Waals surface area (Å²) < 4.78 is 5.78. The molecule has 0 unspecified atom stereocenters. The lowest BCUT2D eigenvalue weighted by Gasteiger charge is -2.21. The Bertz CT molecular complexity index is 345. The lowest BCUT2D eigenvalue weighted by molar-refractivity contribution is 0.0273. The number of carbonyl (C=O) groups excluding carboxylic acids is 1. The molecule has 1 aromatic rings. The Hall–Kier alpha value is -1.36. The monoisotopic (exact) mass is 251 g/mol. The number of carbonyl (C=O) groups is 1. The van der Waals surface area contributed by atoms with Crippen LogP contribution in [0.15, 0.2) is 12.3 Å². The van der Waals surface area contributed by atoms with E-state index in [0.717, 1.165) is 13.0 Å². The average Bonchev–Trinajstić information content (AvgIpc) is 2.93. The van der Waals surface area contributed by atoms with E-state index >= 15 is 0 Å². The van der Waals surface area contributed by atoms with Crippen LogP contribution in [-0.4, -0.2) is 35.4 Å².